The van der Waals surface area contributed by atoms with Crippen LogP contribution in [0.3, 0.4) is 0 Å². The van der Waals surface area contributed by atoms with Crippen LogP contribution in [0.15, 0.2) is 35.1 Å². The van der Waals surface area contributed by atoms with Crippen molar-refractivity contribution in [3.05, 3.63) is 35.1 Å². The number of hydrogen-bond acceptors (Lipinski definition) is 5. The van der Waals surface area contributed by atoms with Crippen LogP contribution in [0.1, 0.15) is 0 Å². The Morgan fingerprint density at radius 1 is 1.12 bits per heavy atom. The highest BCUT2D eigenvalue weighted by Gasteiger charge is 2.06. The van der Waals surface area contributed by atoms with Crippen LogP contribution in [0.5, 0.6) is 0 Å². The van der Waals surface area contributed by atoms with Gasteiger partial charge in [-0.1, -0.05) is 12.1 Å². The van der Waals surface area contributed by atoms with E-state index in [4.69, 9.17) is 11.5 Å². The van der Waals surface area contributed by atoms with Gasteiger partial charge in [-0.2, -0.15) is 0 Å². The van der Waals surface area contributed by atoms with E-state index < -0.39 is 0 Å². The Morgan fingerprint density at radius 3 is 2.62 bits per heavy atom. The Bertz CT molecular complexity index is 514. The summed E-state index contributed by atoms with van der Waals surface area (Å²) < 4.78 is 0.923. The summed E-state index contributed by atoms with van der Waals surface area (Å²) in [6, 6.07) is 7.66. The van der Waals surface area contributed by atoms with Gasteiger partial charge in [0.25, 0.3) is 0 Å². The first-order valence-corrected chi connectivity index (χ1v) is 5.35. The van der Waals surface area contributed by atoms with Crippen molar-refractivity contribution in [1.29, 1.82) is 0 Å². The Labute approximate surface area is 101 Å². The van der Waals surface area contributed by atoms with E-state index in [-0.39, 0.29) is 5.82 Å². The van der Waals surface area contributed by atoms with Crippen molar-refractivity contribution >= 4 is 38.9 Å². The van der Waals surface area contributed by atoms with Crippen molar-refractivity contribution in [1.82, 2.24) is 9.97 Å². The molecule has 0 saturated carbocycles. The molecule has 0 amide bonds. The van der Waals surface area contributed by atoms with Crippen molar-refractivity contribution in [2.75, 3.05) is 16.8 Å². The third-order valence-electron chi connectivity index (χ3n) is 2.04. The molecule has 0 bridgehead atoms. The highest BCUT2D eigenvalue weighted by molar-refractivity contribution is 9.10. The Morgan fingerprint density at radius 2 is 1.88 bits per heavy atom. The van der Waals surface area contributed by atoms with Crippen molar-refractivity contribution < 1.29 is 0 Å². The molecule has 2 rings (SSSR count). The molecule has 0 atom stereocenters. The third kappa shape index (κ3) is 2.06. The van der Waals surface area contributed by atoms with Gasteiger partial charge >= 0.3 is 0 Å². The van der Waals surface area contributed by atoms with Crippen molar-refractivity contribution in [2.45, 2.75) is 0 Å². The molecule has 82 valence electrons. The van der Waals surface area contributed by atoms with Gasteiger partial charge in [-0.25, -0.2) is 9.97 Å². The second kappa shape index (κ2) is 4.36. The van der Waals surface area contributed by atoms with Crippen LogP contribution < -0.4 is 16.8 Å². The number of nitrogen functional groups attached to an aromatic ring is 2. The molecule has 5 N–H and O–H groups in total. The topological polar surface area (TPSA) is 89.8 Å². The monoisotopic (exact) mass is 279 g/mol. The van der Waals surface area contributed by atoms with Gasteiger partial charge in [-0.3, -0.25) is 0 Å². The third-order valence-corrected chi connectivity index (χ3v) is 2.73. The lowest BCUT2D eigenvalue weighted by atomic mass is 10.3. The van der Waals surface area contributed by atoms with Crippen LogP contribution in [-0.4, -0.2) is 9.97 Å². The molecule has 16 heavy (non-hydrogen) atoms. The lowest BCUT2D eigenvalue weighted by molar-refractivity contribution is 1.18. The normalized spacial score (nSPS) is 10.1. The molecule has 0 aliphatic heterocycles. The second-order valence-corrected chi connectivity index (χ2v) is 3.98. The largest absolute Gasteiger partial charge is 0.393 e. The van der Waals surface area contributed by atoms with E-state index >= 15 is 0 Å². The van der Waals surface area contributed by atoms with E-state index in [1.807, 2.05) is 24.3 Å². The summed E-state index contributed by atoms with van der Waals surface area (Å²) in [6.45, 7) is 0. The molecule has 0 aliphatic rings. The Hall–Kier alpha value is -1.82. The number of rotatable bonds is 2. The summed E-state index contributed by atoms with van der Waals surface area (Å²) in [4.78, 5) is 7.82. The molecule has 0 spiro atoms. The van der Waals surface area contributed by atoms with Gasteiger partial charge in [0.2, 0.25) is 0 Å². The maximum Gasteiger partial charge on any atom is 0.159 e. The molecular weight excluding hydrogens is 270 g/mol. The minimum Gasteiger partial charge on any atom is -0.393 e. The van der Waals surface area contributed by atoms with Gasteiger partial charge in [0.05, 0.1) is 5.69 Å². The van der Waals surface area contributed by atoms with E-state index in [9.17, 15) is 0 Å². The summed E-state index contributed by atoms with van der Waals surface area (Å²) in [5.74, 6) is 0.768. The molecular formula is C10H10BrN5. The number of hydrogen-bond donors (Lipinski definition) is 3. The minimum absolute atomic E-state index is 0.268. The fourth-order valence-electron chi connectivity index (χ4n) is 1.20. The lowest BCUT2D eigenvalue weighted by Gasteiger charge is -2.10. The zero-order chi connectivity index (χ0) is 11.5. The van der Waals surface area contributed by atoms with E-state index in [1.54, 1.807) is 0 Å². The Balaban J connectivity index is 2.35. The van der Waals surface area contributed by atoms with Crippen molar-refractivity contribution in [2.24, 2.45) is 0 Å². The number of nitrogens with one attached hydrogen (secondary N) is 1. The fraction of sp³-hybridized carbons (Fsp3) is 0. The first-order chi connectivity index (χ1) is 7.68. The lowest BCUT2D eigenvalue weighted by Crippen LogP contribution is -2.04. The van der Waals surface area contributed by atoms with E-state index in [2.05, 4.69) is 31.2 Å². The number of halogens is 1. The van der Waals surface area contributed by atoms with Crippen LogP contribution >= 0.6 is 15.9 Å². The zero-order valence-corrected chi connectivity index (χ0v) is 9.90. The zero-order valence-electron chi connectivity index (χ0n) is 8.31. The number of aromatic nitrogens is 2. The molecule has 1 heterocycles. The standard InChI is InChI=1S/C10H10BrN5/c11-6-3-1-2-4-7(6)16-10-8(12)9(13)14-5-15-10/h1-5H,12H2,(H3,13,14,15,16). The molecule has 1 aromatic carbocycles. The summed E-state index contributed by atoms with van der Waals surface area (Å²) in [5.41, 5.74) is 12.6. The molecule has 1 aromatic heterocycles. The highest BCUT2D eigenvalue weighted by atomic mass is 79.9. The van der Waals surface area contributed by atoms with Gasteiger partial charge in [-0.05, 0) is 28.1 Å². The average molecular weight is 280 g/mol. The minimum atomic E-state index is 0.268. The first-order valence-electron chi connectivity index (χ1n) is 4.56. The molecule has 0 unspecified atom stereocenters. The van der Waals surface area contributed by atoms with Gasteiger partial charge in [-0.15, -0.1) is 0 Å². The highest BCUT2D eigenvalue weighted by Crippen LogP contribution is 2.28. The van der Waals surface area contributed by atoms with Gasteiger partial charge < -0.3 is 16.8 Å². The molecule has 6 heteroatoms. The maximum atomic E-state index is 5.75. The SMILES string of the molecule is Nc1ncnc(Nc2ccccc2Br)c1N. The molecule has 0 fully saturated rings. The predicted octanol–water partition coefficient (Wildman–Crippen LogP) is 2.15. The first kappa shape index (κ1) is 10.7. The smallest absolute Gasteiger partial charge is 0.159 e. The van der Waals surface area contributed by atoms with Crippen LogP contribution in [0, 0.1) is 0 Å². The van der Waals surface area contributed by atoms with Crippen LogP contribution in [-0.2, 0) is 0 Å². The number of anilines is 4. The summed E-state index contributed by atoms with van der Waals surface area (Å²) in [5, 5.41) is 3.08. The average Bonchev–Trinajstić information content (AvgIpc) is 2.28. The van der Waals surface area contributed by atoms with Crippen molar-refractivity contribution in [3.8, 4) is 0 Å². The molecule has 0 radical (unpaired) electrons. The van der Waals surface area contributed by atoms with Crippen LogP contribution in [0.4, 0.5) is 23.0 Å². The molecule has 0 saturated heterocycles. The number of nitrogens with zero attached hydrogens (tertiary/aromatic N) is 2. The fourth-order valence-corrected chi connectivity index (χ4v) is 1.58. The van der Waals surface area contributed by atoms with E-state index in [1.165, 1.54) is 6.33 Å². The van der Waals surface area contributed by atoms with Crippen molar-refractivity contribution in [3.63, 3.8) is 0 Å². The summed E-state index contributed by atoms with van der Waals surface area (Å²) in [6.07, 6.45) is 1.37. The molecule has 5 nitrogen and oxygen atoms in total. The number of benzene rings is 1. The number of para-hydroxylation sites is 1. The van der Waals surface area contributed by atoms with Gasteiger partial charge in [0.1, 0.15) is 12.0 Å². The Kier molecular flexibility index (Phi) is 2.91. The number of nitrogens with two attached hydrogens (primary N) is 2. The quantitative estimate of drug-likeness (QED) is 0.784. The molecule has 2 aromatic rings. The van der Waals surface area contributed by atoms with E-state index in [0.29, 0.717) is 11.5 Å². The predicted molar refractivity (Wildman–Crippen MR) is 68.3 cm³/mol. The van der Waals surface area contributed by atoms with Gasteiger partial charge in [0.15, 0.2) is 11.6 Å². The summed E-state index contributed by atoms with van der Waals surface area (Å²) >= 11 is 3.42. The van der Waals surface area contributed by atoms with Gasteiger partial charge in [0, 0.05) is 4.47 Å². The second-order valence-electron chi connectivity index (χ2n) is 3.13. The van der Waals surface area contributed by atoms with E-state index in [0.717, 1.165) is 10.2 Å². The van der Waals surface area contributed by atoms with Crippen LogP contribution in [0.2, 0.25) is 0 Å². The summed E-state index contributed by atoms with van der Waals surface area (Å²) in [7, 11) is 0. The maximum absolute atomic E-state index is 5.75. The van der Waals surface area contributed by atoms with Crippen LogP contribution in [0.25, 0.3) is 0 Å². The molecule has 0 aliphatic carbocycles.